The van der Waals surface area contributed by atoms with Crippen molar-refractivity contribution in [3.8, 4) is 17.0 Å². The molecule has 0 aliphatic carbocycles. The van der Waals surface area contributed by atoms with Crippen molar-refractivity contribution < 1.29 is 9.52 Å². The van der Waals surface area contributed by atoms with Gasteiger partial charge in [0.25, 0.3) is 6.01 Å². The zero-order valence-electron chi connectivity index (χ0n) is 16.0. The van der Waals surface area contributed by atoms with Crippen LogP contribution >= 0.6 is 11.6 Å². The van der Waals surface area contributed by atoms with Gasteiger partial charge in [-0.1, -0.05) is 11.6 Å². The summed E-state index contributed by atoms with van der Waals surface area (Å²) in [6.07, 6.45) is 2.42. The molecule has 6 nitrogen and oxygen atoms in total. The second-order valence-corrected chi connectivity index (χ2v) is 8.43. The molecule has 0 radical (unpaired) electrons. The standard InChI is InChI=1S/C21H23ClN4O2/c1-12-9-14(22)10-17(27)19(12)15-3-4-18-20(23-15)24-21(28-18)26-8-6-13-5-7-25(2)11-16(13)26/h3-4,9-10,13,16,27H,5-8,11H2,1-2H3/t13-,16+/m1/s1. The van der Waals surface area contributed by atoms with Gasteiger partial charge >= 0.3 is 0 Å². The van der Waals surface area contributed by atoms with Crippen molar-refractivity contribution in [1.29, 1.82) is 0 Å². The number of aryl methyl sites for hydroxylation is 1. The number of pyridine rings is 1. The van der Waals surface area contributed by atoms with Gasteiger partial charge in [0.15, 0.2) is 5.58 Å². The summed E-state index contributed by atoms with van der Waals surface area (Å²) in [5, 5.41) is 10.9. The number of halogens is 1. The molecule has 2 saturated heterocycles. The second kappa shape index (κ2) is 6.64. The van der Waals surface area contributed by atoms with Gasteiger partial charge in [0.2, 0.25) is 5.65 Å². The summed E-state index contributed by atoms with van der Waals surface area (Å²) in [5.74, 6) is 0.830. The maximum Gasteiger partial charge on any atom is 0.300 e. The SMILES string of the molecule is Cc1cc(Cl)cc(O)c1-c1ccc2oc(N3CC[C@H]4CCN(C)C[C@@H]43)nc2n1. The molecular weight excluding hydrogens is 376 g/mol. The van der Waals surface area contributed by atoms with Crippen molar-refractivity contribution in [1.82, 2.24) is 14.9 Å². The minimum Gasteiger partial charge on any atom is -0.507 e. The van der Waals surface area contributed by atoms with Gasteiger partial charge in [-0.05, 0) is 69.1 Å². The fraction of sp³-hybridized carbons (Fsp3) is 0.429. The van der Waals surface area contributed by atoms with Crippen molar-refractivity contribution >= 4 is 28.8 Å². The zero-order valence-corrected chi connectivity index (χ0v) is 16.8. The Labute approximate surface area is 168 Å². The summed E-state index contributed by atoms with van der Waals surface area (Å²) in [4.78, 5) is 14.0. The van der Waals surface area contributed by atoms with E-state index in [4.69, 9.17) is 21.0 Å². The molecule has 2 atom stereocenters. The number of likely N-dealkylation sites (tertiary alicyclic amines) is 1. The first kappa shape index (κ1) is 17.8. The van der Waals surface area contributed by atoms with Crippen LogP contribution in [0, 0.1) is 12.8 Å². The Hall–Kier alpha value is -2.31. The molecule has 5 rings (SSSR count). The average molecular weight is 399 g/mol. The van der Waals surface area contributed by atoms with Gasteiger partial charge in [-0.2, -0.15) is 4.98 Å². The molecule has 0 amide bonds. The minimum absolute atomic E-state index is 0.119. The van der Waals surface area contributed by atoms with Crippen LogP contribution in [0.2, 0.25) is 5.02 Å². The van der Waals surface area contributed by atoms with Crippen molar-refractivity contribution in [2.24, 2.45) is 5.92 Å². The molecule has 1 N–H and O–H groups in total. The summed E-state index contributed by atoms with van der Waals surface area (Å²) >= 11 is 6.03. The number of likely N-dealkylation sites (N-methyl/N-ethyl adjacent to an activating group) is 1. The predicted molar refractivity (Wildman–Crippen MR) is 110 cm³/mol. The Bertz CT molecular complexity index is 1030. The summed E-state index contributed by atoms with van der Waals surface area (Å²) in [7, 11) is 2.17. The van der Waals surface area contributed by atoms with Crippen LogP contribution in [0.15, 0.2) is 28.7 Å². The lowest BCUT2D eigenvalue weighted by Crippen LogP contribution is -2.46. The minimum atomic E-state index is 0.119. The monoisotopic (exact) mass is 398 g/mol. The molecule has 2 aliphatic rings. The molecule has 2 aromatic heterocycles. The topological polar surface area (TPSA) is 65.6 Å². The number of oxazole rings is 1. The number of fused-ring (bicyclic) bond motifs is 2. The Morgan fingerprint density at radius 2 is 2.00 bits per heavy atom. The Balaban J connectivity index is 1.51. The fourth-order valence-corrected chi connectivity index (χ4v) is 4.93. The van der Waals surface area contributed by atoms with Crippen LogP contribution in [0.1, 0.15) is 18.4 Å². The molecule has 0 unspecified atom stereocenters. The number of anilines is 1. The number of hydrogen-bond donors (Lipinski definition) is 1. The second-order valence-electron chi connectivity index (χ2n) is 7.99. The van der Waals surface area contributed by atoms with Crippen molar-refractivity contribution in [2.75, 3.05) is 31.6 Å². The van der Waals surface area contributed by atoms with Gasteiger partial charge in [-0.25, -0.2) is 4.98 Å². The number of nitrogens with zero attached hydrogens (tertiary/aromatic N) is 4. The van der Waals surface area contributed by atoms with Crippen LogP contribution in [0.3, 0.4) is 0 Å². The molecule has 3 aromatic rings. The highest BCUT2D eigenvalue weighted by Gasteiger charge is 2.39. The van der Waals surface area contributed by atoms with Crippen LogP contribution in [0.5, 0.6) is 5.75 Å². The first-order chi connectivity index (χ1) is 13.5. The Kier molecular flexibility index (Phi) is 4.21. The number of benzene rings is 1. The van der Waals surface area contributed by atoms with E-state index >= 15 is 0 Å². The molecule has 0 saturated carbocycles. The van der Waals surface area contributed by atoms with E-state index in [2.05, 4.69) is 21.8 Å². The highest BCUT2D eigenvalue weighted by Crippen LogP contribution is 2.37. The highest BCUT2D eigenvalue weighted by atomic mass is 35.5. The van der Waals surface area contributed by atoms with Crippen LogP contribution in [-0.4, -0.2) is 52.7 Å². The summed E-state index contributed by atoms with van der Waals surface area (Å²) in [5.41, 5.74) is 3.43. The van der Waals surface area contributed by atoms with Crippen molar-refractivity contribution in [2.45, 2.75) is 25.8 Å². The molecule has 2 aliphatic heterocycles. The maximum atomic E-state index is 10.3. The van der Waals surface area contributed by atoms with Crippen LogP contribution in [0.4, 0.5) is 6.01 Å². The van der Waals surface area contributed by atoms with Gasteiger partial charge in [-0.3, -0.25) is 0 Å². The van der Waals surface area contributed by atoms with Crippen molar-refractivity contribution in [3.63, 3.8) is 0 Å². The molecular formula is C21H23ClN4O2. The van der Waals surface area contributed by atoms with E-state index in [1.807, 2.05) is 25.1 Å². The van der Waals surface area contributed by atoms with Gasteiger partial charge in [0, 0.05) is 29.7 Å². The van der Waals surface area contributed by atoms with Gasteiger partial charge in [0.05, 0.1) is 5.69 Å². The lowest BCUT2D eigenvalue weighted by Gasteiger charge is -2.35. The Morgan fingerprint density at radius 3 is 2.82 bits per heavy atom. The highest BCUT2D eigenvalue weighted by molar-refractivity contribution is 6.31. The summed E-state index contributed by atoms with van der Waals surface area (Å²) in [6, 6.07) is 8.19. The number of phenolic OH excluding ortho intramolecular Hbond substituents is 1. The molecule has 28 heavy (non-hydrogen) atoms. The molecule has 0 bridgehead atoms. The van der Waals surface area contributed by atoms with Crippen molar-refractivity contribution in [3.05, 3.63) is 34.9 Å². The predicted octanol–water partition coefficient (Wildman–Crippen LogP) is 4.09. The third-order valence-corrected chi connectivity index (χ3v) is 6.31. The number of hydrogen-bond acceptors (Lipinski definition) is 6. The molecule has 1 aromatic carbocycles. The molecule has 146 valence electrons. The molecule has 4 heterocycles. The van der Waals surface area contributed by atoms with E-state index in [1.54, 1.807) is 0 Å². The van der Waals surface area contributed by atoms with Crippen LogP contribution in [0.25, 0.3) is 22.5 Å². The molecule has 7 heteroatoms. The first-order valence-corrected chi connectivity index (χ1v) is 10.1. The van der Waals surface area contributed by atoms with Gasteiger partial charge in [-0.15, -0.1) is 0 Å². The van der Waals surface area contributed by atoms with E-state index < -0.39 is 0 Å². The number of phenols is 1. The summed E-state index contributed by atoms with van der Waals surface area (Å²) in [6.45, 7) is 5.09. The maximum absolute atomic E-state index is 10.3. The smallest absolute Gasteiger partial charge is 0.300 e. The number of rotatable bonds is 2. The van der Waals surface area contributed by atoms with E-state index in [0.717, 1.165) is 25.2 Å². The van der Waals surface area contributed by atoms with E-state index in [9.17, 15) is 5.11 Å². The average Bonchev–Trinajstić information content (AvgIpc) is 3.23. The summed E-state index contributed by atoms with van der Waals surface area (Å²) < 4.78 is 6.06. The number of piperidine rings is 1. The van der Waals surface area contributed by atoms with Crippen LogP contribution in [-0.2, 0) is 0 Å². The van der Waals surface area contributed by atoms with Gasteiger partial charge < -0.3 is 19.3 Å². The van der Waals surface area contributed by atoms with E-state index in [-0.39, 0.29) is 5.75 Å². The molecule has 2 fully saturated rings. The largest absolute Gasteiger partial charge is 0.507 e. The number of aromatic hydroxyl groups is 1. The Morgan fingerprint density at radius 1 is 1.18 bits per heavy atom. The van der Waals surface area contributed by atoms with Crippen LogP contribution < -0.4 is 4.90 Å². The molecule has 0 spiro atoms. The quantitative estimate of drug-likeness (QED) is 0.701. The van der Waals surface area contributed by atoms with Gasteiger partial charge in [0.1, 0.15) is 5.75 Å². The normalized spacial score (nSPS) is 22.8. The number of aromatic nitrogens is 2. The van der Waals surface area contributed by atoms with E-state index in [0.29, 0.717) is 45.5 Å². The first-order valence-electron chi connectivity index (χ1n) is 9.72. The lowest BCUT2D eigenvalue weighted by atomic mass is 9.93. The third kappa shape index (κ3) is 2.91. The zero-order chi connectivity index (χ0) is 19.4. The fourth-order valence-electron chi connectivity index (χ4n) is 4.66. The third-order valence-electron chi connectivity index (χ3n) is 6.09. The lowest BCUT2D eigenvalue weighted by molar-refractivity contribution is 0.206. The van der Waals surface area contributed by atoms with E-state index in [1.165, 1.54) is 18.9 Å².